The van der Waals surface area contributed by atoms with Gasteiger partial charge in [0.05, 0.1) is 6.61 Å². The van der Waals surface area contributed by atoms with Gasteiger partial charge in [-0.1, -0.05) is 23.7 Å². The van der Waals surface area contributed by atoms with E-state index in [1.165, 1.54) is 0 Å². The number of aryl methyl sites for hydroxylation is 1. The molecule has 0 radical (unpaired) electrons. The lowest BCUT2D eigenvalue weighted by atomic mass is 10.1. The monoisotopic (exact) mass is 263 g/mol. The molecule has 0 saturated heterocycles. The van der Waals surface area contributed by atoms with Gasteiger partial charge < -0.3 is 10.1 Å². The van der Waals surface area contributed by atoms with E-state index < -0.39 is 13.0 Å². The first-order valence-corrected chi connectivity index (χ1v) is 5.79. The van der Waals surface area contributed by atoms with Crippen molar-refractivity contribution in [1.82, 2.24) is 5.32 Å². The van der Waals surface area contributed by atoms with Gasteiger partial charge in [-0.05, 0) is 24.1 Å². The second-order valence-electron chi connectivity index (χ2n) is 3.73. The highest BCUT2D eigenvalue weighted by Crippen LogP contribution is 2.16. The molecule has 5 heteroatoms. The van der Waals surface area contributed by atoms with E-state index in [2.05, 4.69) is 5.32 Å². The molecule has 1 aromatic rings. The smallest absolute Gasteiger partial charge is 0.261 e. The van der Waals surface area contributed by atoms with Crippen LogP contribution in [-0.2, 0) is 11.3 Å². The average molecular weight is 264 g/mol. The normalized spacial score (nSPS) is 11.1. The Morgan fingerprint density at radius 1 is 1.41 bits per heavy atom. The van der Waals surface area contributed by atoms with E-state index in [1.54, 1.807) is 0 Å². The SMILES string of the molecule is Cc1ccc(CNCCOCC(F)F)cc1Cl. The Kier molecular flexibility index (Phi) is 6.40. The molecule has 1 aromatic carbocycles. The maximum atomic E-state index is 11.7. The topological polar surface area (TPSA) is 21.3 Å². The van der Waals surface area contributed by atoms with Crippen LogP contribution >= 0.6 is 11.6 Å². The number of rotatable bonds is 7. The molecule has 0 atom stereocenters. The van der Waals surface area contributed by atoms with Crippen LogP contribution in [0.2, 0.25) is 5.02 Å². The summed E-state index contributed by atoms with van der Waals surface area (Å²) in [4.78, 5) is 0. The van der Waals surface area contributed by atoms with Gasteiger partial charge in [0.15, 0.2) is 0 Å². The largest absolute Gasteiger partial charge is 0.374 e. The van der Waals surface area contributed by atoms with E-state index >= 15 is 0 Å². The molecule has 0 spiro atoms. The van der Waals surface area contributed by atoms with Crippen molar-refractivity contribution in [3.63, 3.8) is 0 Å². The maximum Gasteiger partial charge on any atom is 0.261 e. The van der Waals surface area contributed by atoms with Crippen LogP contribution in [0.3, 0.4) is 0 Å². The van der Waals surface area contributed by atoms with Crippen LogP contribution in [-0.4, -0.2) is 26.2 Å². The molecule has 0 aliphatic rings. The zero-order valence-electron chi connectivity index (χ0n) is 9.68. The van der Waals surface area contributed by atoms with E-state index in [0.717, 1.165) is 16.1 Å². The van der Waals surface area contributed by atoms with Crippen LogP contribution in [0, 0.1) is 6.92 Å². The molecule has 0 unspecified atom stereocenters. The summed E-state index contributed by atoms with van der Waals surface area (Å²) in [6.45, 7) is 2.91. The minimum atomic E-state index is -2.40. The summed E-state index contributed by atoms with van der Waals surface area (Å²) in [5.74, 6) is 0. The third kappa shape index (κ3) is 5.96. The molecule has 96 valence electrons. The molecule has 1 rings (SSSR count). The first kappa shape index (κ1) is 14.4. The number of alkyl halides is 2. The van der Waals surface area contributed by atoms with Gasteiger partial charge in [0.25, 0.3) is 6.43 Å². The van der Waals surface area contributed by atoms with E-state index in [9.17, 15) is 8.78 Å². The first-order valence-electron chi connectivity index (χ1n) is 5.41. The number of benzene rings is 1. The number of ether oxygens (including phenoxy) is 1. The van der Waals surface area contributed by atoms with Gasteiger partial charge in [0, 0.05) is 18.1 Å². The number of hydrogen-bond acceptors (Lipinski definition) is 2. The predicted octanol–water partition coefficient (Wildman–Crippen LogP) is 3.02. The van der Waals surface area contributed by atoms with Crippen molar-refractivity contribution in [1.29, 1.82) is 0 Å². The quantitative estimate of drug-likeness (QED) is 0.764. The second kappa shape index (κ2) is 7.58. The minimum Gasteiger partial charge on any atom is -0.374 e. The Bertz CT molecular complexity index is 347. The summed E-state index contributed by atoms with van der Waals surface area (Å²) in [5, 5.41) is 3.83. The summed E-state index contributed by atoms with van der Waals surface area (Å²) in [6.07, 6.45) is -2.40. The van der Waals surface area contributed by atoms with Crippen LogP contribution in [0.1, 0.15) is 11.1 Å². The van der Waals surface area contributed by atoms with Crippen molar-refractivity contribution < 1.29 is 13.5 Å². The van der Waals surface area contributed by atoms with Gasteiger partial charge in [-0.15, -0.1) is 0 Å². The first-order chi connectivity index (χ1) is 8.09. The highest BCUT2D eigenvalue weighted by molar-refractivity contribution is 6.31. The lowest BCUT2D eigenvalue weighted by Crippen LogP contribution is -2.20. The highest BCUT2D eigenvalue weighted by atomic mass is 35.5. The number of halogens is 3. The van der Waals surface area contributed by atoms with E-state index in [4.69, 9.17) is 16.3 Å². The van der Waals surface area contributed by atoms with Crippen molar-refractivity contribution in [2.24, 2.45) is 0 Å². The summed E-state index contributed by atoms with van der Waals surface area (Å²) >= 11 is 5.98. The molecule has 2 nitrogen and oxygen atoms in total. The lowest BCUT2D eigenvalue weighted by Gasteiger charge is -2.07. The van der Waals surface area contributed by atoms with Crippen LogP contribution in [0.15, 0.2) is 18.2 Å². The van der Waals surface area contributed by atoms with Crippen LogP contribution in [0.5, 0.6) is 0 Å². The molecule has 0 fully saturated rings. The third-order valence-electron chi connectivity index (χ3n) is 2.23. The average Bonchev–Trinajstić information content (AvgIpc) is 2.27. The summed E-state index contributed by atoms with van der Waals surface area (Å²) in [5.41, 5.74) is 2.10. The van der Waals surface area contributed by atoms with Crippen LogP contribution < -0.4 is 5.32 Å². The molecule has 0 aromatic heterocycles. The Morgan fingerprint density at radius 3 is 2.82 bits per heavy atom. The molecular formula is C12H16ClF2NO. The number of hydrogen-bond donors (Lipinski definition) is 1. The Labute approximate surface area is 105 Å². The van der Waals surface area contributed by atoms with Gasteiger partial charge >= 0.3 is 0 Å². The van der Waals surface area contributed by atoms with Crippen molar-refractivity contribution in [3.8, 4) is 0 Å². The standard InChI is InChI=1S/C12H16ClF2NO/c1-9-2-3-10(6-11(9)13)7-16-4-5-17-8-12(14)15/h2-3,6,12,16H,4-5,7-8H2,1H3. The third-order valence-corrected chi connectivity index (χ3v) is 2.64. The zero-order valence-corrected chi connectivity index (χ0v) is 10.4. The van der Waals surface area contributed by atoms with Crippen molar-refractivity contribution in [2.45, 2.75) is 19.9 Å². The Morgan fingerprint density at radius 2 is 2.18 bits per heavy atom. The highest BCUT2D eigenvalue weighted by Gasteiger charge is 2.01. The minimum absolute atomic E-state index is 0.282. The molecule has 1 N–H and O–H groups in total. The molecule has 0 bridgehead atoms. The molecule has 0 amide bonds. The van der Waals surface area contributed by atoms with Gasteiger partial charge in [0.1, 0.15) is 6.61 Å². The van der Waals surface area contributed by atoms with Gasteiger partial charge in [0.2, 0.25) is 0 Å². The Balaban J connectivity index is 2.16. The molecule has 0 heterocycles. The molecule has 17 heavy (non-hydrogen) atoms. The van der Waals surface area contributed by atoms with Gasteiger partial charge in [-0.25, -0.2) is 8.78 Å². The fraction of sp³-hybridized carbons (Fsp3) is 0.500. The fourth-order valence-corrected chi connectivity index (χ4v) is 1.50. The molecular weight excluding hydrogens is 248 g/mol. The number of nitrogens with one attached hydrogen (secondary N) is 1. The van der Waals surface area contributed by atoms with E-state index in [-0.39, 0.29) is 6.61 Å². The molecule has 0 aliphatic heterocycles. The lowest BCUT2D eigenvalue weighted by molar-refractivity contribution is 0.0187. The van der Waals surface area contributed by atoms with Crippen molar-refractivity contribution >= 4 is 11.6 Å². The maximum absolute atomic E-state index is 11.7. The van der Waals surface area contributed by atoms with E-state index in [0.29, 0.717) is 13.1 Å². The summed E-state index contributed by atoms with van der Waals surface area (Å²) in [7, 11) is 0. The predicted molar refractivity (Wildman–Crippen MR) is 64.7 cm³/mol. The molecule has 0 saturated carbocycles. The summed E-state index contributed by atoms with van der Waals surface area (Å²) in [6, 6.07) is 5.82. The van der Waals surface area contributed by atoms with Gasteiger partial charge in [-0.2, -0.15) is 0 Å². The Hall–Kier alpha value is -0.710. The van der Waals surface area contributed by atoms with Gasteiger partial charge in [-0.3, -0.25) is 0 Å². The van der Waals surface area contributed by atoms with Crippen LogP contribution in [0.4, 0.5) is 8.78 Å². The second-order valence-corrected chi connectivity index (χ2v) is 4.13. The van der Waals surface area contributed by atoms with Crippen molar-refractivity contribution in [2.75, 3.05) is 19.8 Å². The fourth-order valence-electron chi connectivity index (χ4n) is 1.30. The van der Waals surface area contributed by atoms with E-state index in [1.807, 2.05) is 25.1 Å². The summed E-state index contributed by atoms with van der Waals surface area (Å²) < 4.78 is 28.2. The molecule has 0 aliphatic carbocycles. The van der Waals surface area contributed by atoms with Crippen LogP contribution in [0.25, 0.3) is 0 Å². The van der Waals surface area contributed by atoms with Crippen molar-refractivity contribution in [3.05, 3.63) is 34.3 Å². The zero-order chi connectivity index (χ0) is 12.7.